The predicted molar refractivity (Wildman–Crippen MR) is 104 cm³/mol. The van der Waals surface area contributed by atoms with Crippen molar-refractivity contribution in [3.8, 4) is 10.6 Å². The molecule has 3 aromatic heterocycles. The Bertz CT molecular complexity index is 939. The van der Waals surface area contributed by atoms with E-state index in [9.17, 15) is 4.79 Å². The number of hydrogen-bond donors (Lipinski definition) is 1. The molecule has 0 unspecified atom stereocenters. The number of hydrogen-bond acceptors (Lipinski definition) is 5. The summed E-state index contributed by atoms with van der Waals surface area (Å²) < 4.78 is 1.76. The number of thiophene rings is 1. The summed E-state index contributed by atoms with van der Waals surface area (Å²) in [5, 5.41) is 7.38. The van der Waals surface area contributed by atoms with Crippen molar-refractivity contribution < 1.29 is 4.79 Å². The summed E-state index contributed by atoms with van der Waals surface area (Å²) in [5.74, 6) is 0.597. The molecule has 0 radical (unpaired) electrons. The number of pyridine rings is 1. The van der Waals surface area contributed by atoms with Crippen LogP contribution in [0.15, 0.2) is 23.6 Å². The maximum absolute atomic E-state index is 13.3. The van der Waals surface area contributed by atoms with Gasteiger partial charge in [-0.3, -0.25) is 9.48 Å². The Kier molecular flexibility index (Phi) is 4.50. The molecule has 0 aliphatic carbocycles. The number of piperidine rings is 1. The van der Waals surface area contributed by atoms with Gasteiger partial charge in [0, 0.05) is 20.1 Å². The van der Waals surface area contributed by atoms with Gasteiger partial charge in [-0.05, 0) is 49.7 Å². The Morgan fingerprint density at radius 3 is 2.81 bits per heavy atom. The van der Waals surface area contributed by atoms with Gasteiger partial charge < -0.3 is 10.6 Å². The molecular weight excluding hydrogens is 346 g/mol. The molecule has 0 atom stereocenters. The molecule has 4 heterocycles. The first-order chi connectivity index (χ1) is 12.6. The summed E-state index contributed by atoms with van der Waals surface area (Å²) in [6.07, 6.45) is 1.94. The summed E-state index contributed by atoms with van der Waals surface area (Å²) >= 11 is 1.63. The fraction of sp³-hybridized carbons (Fsp3) is 0.421. The van der Waals surface area contributed by atoms with Crippen LogP contribution >= 0.6 is 11.3 Å². The highest BCUT2D eigenvalue weighted by atomic mass is 32.1. The van der Waals surface area contributed by atoms with Gasteiger partial charge in [0.15, 0.2) is 5.65 Å². The van der Waals surface area contributed by atoms with Gasteiger partial charge in [-0.2, -0.15) is 5.10 Å². The fourth-order valence-electron chi connectivity index (χ4n) is 3.71. The first kappa shape index (κ1) is 17.2. The van der Waals surface area contributed by atoms with Crippen LogP contribution in [0.4, 0.5) is 0 Å². The number of amides is 1. The molecule has 1 fully saturated rings. The number of carbonyl (C=O) groups is 1. The van der Waals surface area contributed by atoms with Gasteiger partial charge in [0.1, 0.15) is 0 Å². The van der Waals surface area contributed by atoms with Crippen LogP contribution in [0.5, 0.6) is 0 Å². The highest BCUT2D eigenvalue weighted by Crippen LogP contribution is 2.30. The molecule has 1 aliphatic rings. The van der Waals surface area contributed by atoms with Gasteiger partial charge in [0.25, 0.3) is 5.91 Å². The number of fused-ring (bicyclic) bond motifs is 1. The second-order valence-corrected chi connectivity index (χ2v) is 7.86. The van der Waals surface area contributed by atoms with Crippen molar-refractivity contribution in [1.29, 1.82) is 0 Å². The van der Waals surface area contributed by atoms with Crippen molar-refractivity contribution in [3.05, 3.63) is 34.8 Å². The summed E-state index contributed by atoms with van der Waals surface area (Å²) in [7, 11) is 1.88. The maximum atomic E-state index is 13.3. The van der Waals surface area contributed by atoms with Gasteiger partial charge in [0.2, 0.25) is 0 Å². The Morgan fingerprint density at radius 1 is 1.38 bits per heavy atom. The van der Waals surface area contributed by atoms with E-state index < -0.39 is 0 Å². The minimum absolute atomic E-state index is 0.0711. The largest absolute Gasteiger partial charge is 0.339 e. The number of likely N-dealkylation sites (tertiary alicyclic amines) is 1. The van der Waals surface area contributed by atoms with Crippen molar-refractivity contribution in [3.63, 3.8) is 0 Å². The molecule has 26 heavy (non-hydrogen) atoms. The van der Waals surface area contributed by atoms with Crippen molar-refractivity contribution in [2.75, 3.05) is 19.6 Å². The van der Waals surface area contributed by atoms with Crippen LogP contribution in [-0.4, -0.2) is 45.2 Å². The van der Waals surface area contributed by atoms with E-state index in [1.165, 1.54) is 0 Å². The lowest BCUT2D eigenvalue weighted by Gasteiger charge is -2.31. The molecule has 0 bridgehead atoms. The zero-order chi connectivity index (χ0) is 18.3. The third-order valence-corrected chi connectivity index (χ3v) is 6.10. The highest BCUT2D eigenvalue weighted by Gasteiger charge is 2.26. The average molecular weight is 369 g/mol. The van der Waals surface area contributed by atoms with E-state index in [-0.39, 0.29) is 5.91 Å². The third kappa shape index (κ3) is 2.91. The van der Waals surface area contributed by atoms with Crippen LogP contribution in [0.25, 0.3) is 21.6 Å². The molecule has 6 nitrogen and oxygen atoms in total. The van der Waals surface area contributed by atoms with Crippen molar-refractivity contribution in [1.82, 2.24) is 19.7 Å². The van der Waals surface area contributed by atoms with E-state index in [4.69, 9.17) is 10.7 Å². The highest BCUT2D eigenvalue weighted by molar-refractivity contribution is 7.13. The van der Waals surface area contributed by atoms with Crippen LogP contribution in [-0.2, 0) is 7.05 Å². The fourth-order valence-corrected chi connectivity index (χ4v) is 4.39. The molecule has 1 saturated heterocycles. The van der Waals surface area contributed by atoms with E-state index in [0.717, 1.165) is 53.2 Å². The number of nitrogens with two attached hydrogens (primary N) is 1. The summed E-state index contributed by atoms with van der Waals surface area (Å²) in [5.41, 5.74) is 8.92. The lowest BCUT2D eigenvalue weighted by atomic mass is 9.96. The van der Waals surface area contributed by atoms with E-state index in [0.29, 0.717) is 18.0 Å². The normalized spacial score (nSPS) is 15.7. The lowest BCUT2D eigenvalue weighted by Crippen LogP contribution is -2.40. The minimum Gasteiger partial charge on any atom is -0.339 e. The monoisotopic (exact) mass is 369 g/mol. The standard InChI is InChI=1S/C19H23N5OS/c1-12-17-14(19(25)24-7-5-13(11-20)6-8-24)10-15(16-4-3-9-26-16)21-18(17)23(2)22-12/h3-4,9-10,13H,5-8,11,20H2,1-2H3. The summed E-state index contributed by atoms with van der Waals surface area (Å²) in [6, 6.07) is 5.96. The molecule has 0 aromatic carbocycles. The minimum atomic E-state index is 0.0711. The molecule has 1 amide bonds. The average Bonchev–Trinajstić information content (AvgIpc) is 3.29. The van der Waals surface area contributed by atoms with Crippen molar-refractivity contribution >= 4 is 28.3 Å². The second kappa shape index (κ2) is 6.81. The SMILES string of the molecule is Cc1nn(C)c2nc(-c3cccs3)cc(C(=O)N3CCC(CN)CC3)c12. The van der Waals surface area contributed by atoms with Crippen LogP contribution in [0.3, 0.4) is 0 Å². The van der Waals surface area contributed by atoms with Crippen LogP contribution in [0, 0.1) is 12.8 Å². The number of carbonyl (C=O) groups excluding carboxylic acids is 1. The first-order valence-electron chi connectivity index (χ1n) is 8.96. The third-order valence-electron chi connectivity index (χ3n) is 5.21. The molecule has 0 saturated carbocycles. The molecule has 4 rings (SSSR count). The van der Waals surface area contributed by atoms with Crippen LogP contribution in [0.2, 0.25) is 0 Å². The van der Waals surface area contributed by atoms with E-state index in [1.54, 1.807) is 16.0 Å². The number of aryl methyl sites for hydroxylation is 2. The van der Waals surface area contributed by atoms with E-state index in [2.05, 4.69) is 5.10 Å². The zero-order valence-electron chi connectivity index (χ0n) is 15.1. The molecular formula is C19H23N5OS. The van der Waals surface area contributed by atoms with Gasteiger partial charge in [-0.1, -0.05) is 6.07 Å². The van der Waals surface area contributed by atoms with Crippen LogP contribution < -0.4 is 5.73 Å². The molecule has 136 valence electrons. The number of aromatic nitrogens is 3. The van der Waals surface area contributed by atoms with Crippen molar-refractivity contribution in [2.24, 2.45) is 18.7 Å². The Balaban J connectivity index is 1.79. The first-order valence-corrected chi connectivity index (χ1v) is 9.84. The molecule has 0 spiro atoms. The van der Waals surface area contributed by atoms with E-state index in [1.807, 2.05) is 42.5 Å². The van der Waals surface area contributed by atoms with Gasteiger partial charge in [-0.25, -0.2) is 4.98 Å². The number of nitrogens with zero attached hydrogens (tertiary/aromatic N) is 4. The van der Waals surface area contributed by atoms with Crippen LogP contribution in [0.1, 0.15) is 28.9 Å². The Morgan fingerprint density at radius 2 is 2.15 bits per heavy atom. The Labute approximate surface area is 156 Å². The van der Waals surface area contributed by atoms with Crippen molar-refractivity contribution in [2.45, 2.75) is 19.8 Å². The van der Waals surface area contributed by atoms with Gasteiger partial charge in [-0.15, -0.1) is 11.3 Å². The summed E-state index contributed by atoms with van der Waals surface area (Å²) in [6.45, 7) is 4.16. The molecule has 1 aliphatic heterocycles. The molecule has 2 N–H and O–H groups in total. The maximum Gasteiger partial charge on any atom is 0.254 e. The molecule has 7 heteroatoms. The number of rotatable bonds is 3. The van der Waals surface area contributed by atoms with Gasteiger partial charge >= 0.3 is 0 Å². The molecule has 3 aromatic rings. The second-order valence-electron chi connectivity index (χ2n) is 6.91. The van der Waals surface area contributed by atoms with E-state index >= 15 is 0 Å². The summed E-state index contributed by atoms with van der Waals surface area (Å²) in [4.78, 5) is 21.1. The predicted octanol–water partition coefficient (Wildman–Crippen LogP) is 2.82. The quantitative estimate of drug-likeness (QED) is 0.770. The zero-order valence-corrected chi connectivity index (χ0v) is 15.9. The topological polar surface area (TPSA) is 77.0 Å². The lowest BCUT2D eigenvalue weighted by molar-refractivity contribution is 0.0695. The smallest absolute Gasteiger partial charge is 0.254 e. The van der Waals surface area contributed by atoms with Gasteiger partial charge in [0.05, 0.1) is 27.2 Å². The Hall–Kier alpha value is -2.25.